The summed E-state index contributed by atoms with van der Waals surface area (Å²) in [5, 5.41) is 7.86. The molecule has 0 radical (unpaired) electrons. The fraction of sp³-hybridized carbons (Fsp3) is 0.179. The fourth-order valence-electron chi connectivity index (χ4n) is 5.09. The number of hydrogen-bond acceptors (Lipinski definition) is 3. The number of benzene rings is 3. The van der Waals surface area contributed by atoms with Gasteiger partial charge in [-0.2, -0.15) is 5.10 Å². The number of nitrogens with zero attached hydrogens (tertiary/aromatic N) is 3. The summed E-state index contributed by atoms with van der Waals surface area (Å²) < 4.78 is 1.81. The standard InChI is InChI=1S/C28H24N4O2/c33-26-28(16-15-20-9-7-8-12-22(20)17-28)29-27(34)31(26)18-23-19-32(24-13-5-2-6-14-24)30-25(23)21-10-3-1-4-11-21/h1-14,19H,15-18H2,(H,29,34). The molecular weight excluding hydrogens is 424 g/mol. The second kappa shape index (κ2) is 7.99. The summed E-state index contributed by atoms with van der Waals surface area (Å²) in [4.78, 5) is 28.1. The molecule has 1 spiro atoms. The Hall–Kier alpha value is -4.19. The molecule has 1 fully saturated rings. The molecule has 168 valence electrons. The van der Waals surface area contributed by atoms with Crippen LogP contribution in [0.3, 0.4) is 0 Å². The summed E-state index contributed by atoms with van der Waals surface area (Å²) in [7, 11) is 0. The van der Waals surface area contributed by atoms with Gasteiger partial charge in [0, 0.05) is 23.7 Å². The van der Waals surface area contributed by atoms with Gasteiger partial charge < -0.3 is 5.32 Å². The number of para-hydroxylation sites is 1. The van der Waals surface area contributed by atoms with Crippen molar-refractivity contribution in [3.8, 4) is 16.9 Å². The molecule has 2 aliphatic rings. The van der Waals surface area contributed by atoms with Gasteiger partial charge in [0.1, 0.15) is 5.54 Å². The van der Waals surface area contributed by atoms with Crippen molar-refractivity contribution in [3.05, 3.63) is 108 Å². The summed E-state index contributed by atoms with van der Waals surface area (Å²) in [5.74, 6) is -0.154. The van der Waals surface area contributed by atoms with Crippen LogP contribution in [-0.4, -0.2) is 32.2 Å². The number of nitrogens with one attached hydrogen (secondary N) is 1. The van der Waals surface area contributed by atoms with Crippen LogP contribution < -0.4 is 5.32 Å². The van der Waals surface area contributed by atoms with E-state index in [0.29, 0.717) is 12.8 Å². The first kappa shape index (κ1) is 20.4. The maximum absolute atomic E-state index is 13.6. The average molecular weight is 449 g/mol. The Morgan fingerprint density at radius 1 is 0.853 bits per heavy atom. The first-order valence-electron chi connectivity index (χ1n) is 11.5. The van der Waals surface area contributed by atoms with E-state index in [9.17, 15) is 9.59 Å². The number of amides is 3. The van der Waals surface area contributed by atoms with Gasteiger partial charge in [-0.05, 0) is 36.1 Å². The Bertz CT molecular complexity index is 1380. The van der Waals surface area contributed by atoms with Crippen LogP contribution >= 0.6 is 0 Å². The summed E-state index contributed by atoms with van der Waals surface area (Å²) in [6.45, 7) is 0.172. The largest absolute Gasteiger partial charge is 0.325 e. The highest BCUT2D eigenvalue weighted by molar-refractivity contribution is 6.07. The molecule has 3 amide bonds. The Labute approximate surface area is 197 Å². The minimum absolute atomic E-state index is 0.154. The molecule has 2 heterocycles. The van der Waals surface area contributed by atoms with Crippen molar-refractivity contribution in [2.75, 3.05) is 0 Å². The lowest BCUT2D eigenvalue weighted by Crippen LogP contribution is -2.51. The molecule has 3 aromatic carbocycles. The maximum atomic E-state index is 13.6. The van der Waals surface area contributed by atoms with Crippen LogP contribution in [0.1, 0.15) is 23.1 Å². The molecule has 0 bridgehead atoms. The third-order valence-corrected chi connectivity index (χ3v) is 6.86. The van der Waals surface area contributed by atoms with Crippen LogP contribution in [-0.2, 0) is 24.2 Å². The van der Waals surface area contributed by atoms with Crippen molar-refractivity contribution < 1.29 is 9.59 Å². The molecule has 6 rings (SSSR count). The number of rotatable bonds is 4. The molecule has 6 nitrogen and oxygen atoms in total. The van der Waals surface area contributed by atoms with Gasteiger partial charge >= 0.3 is 6.03 Å². The monoisotopic (exact) mass is 448 g/mol. The van der Waals surface area contributed by atoms with Gasteiger partial charge in [-0.25, -0.2) is 9.48 Å². The van der Waals surface area contributed by atoms with Gasteiger partial charge in [-0.1, -0.05) is 72.8 Å². The second-order valence-electron chi connectivity index (χ2n) is 9.00. The molecule has 4 aromatic rings. The number of aryl methyl sites for hydroxylation is 1. The molecule has 1 atom stereocenters. The van der Waals surface area contributed by atoms with Gasteiger partial charge in [0.25, 0.3) is 5.91 Å². The zero-order valence-corrected chi connectivity index (χ0v) is 18.6. The van der Waals surface area contributed by atoms with Crippen LogP contribution in [0.5, 0.6) is 0 Å². The molecule has 1 aliphatic heterocycles. The van der Waals surface area contributed by atoms with Crippen molar-refractivity contribution >= 4 is 11.9 Å². The van der Waals surface area contributed by atoms with E-state index >= 15 is 0 Å². The van der Waals surface area contributed by atoms with Gasteiger partial charge in [-0.3, -0.25) is 9.69 Å². The van der Waals surface area contributed by atoms with Crippen molar-refractivity contribution in [1.82, 2.24) is 20.0 Å². The normalized spacial score (nSPS) is 19.4. The summed E-state index contributed by atoms with van der Waals surface area (Å²) in [5.41, 5.74) is 4.97. The second-order valence-corrected chi connectivity index (χ2v) is 9.00. The molecule has 1 saturated heterocycles. The van der Waals surface area contributed by atoms with E-state index in [1.807, 2.05) is 83.7 Å². The van der Waals surface area contributed by atoms with E-state index < -0.39 is 5.54 Å². The number of fused-ring (bicyclic) bond motifs is 1. The lowest BCUT2D eigenvalue weighted by molar-refractivity contribution is -0.132. The Morgan fingerprint density at radius 3 is 2.29 bits per heavy atom. The molecule has 1 aliphatic carbocycles. The van der Waals surface area contributed by atoms with Crippen LogP contribution in [0.15, 0.2) is 91.1 Å². The highest BCUT2D eigenvalue weighted by Crippen LogP contribution is 2.35. The van der Waals surface area contributed by atoms with Crippen molar-refractivity contribution in [2.45, 2.75) is 31.3 Å². The minimum atomic E-state index is -0.867. The highest BCUT2D eigenvalue weighted by Gasteiger charge is 2.52. The lowest BCUT2D eigenvalue weighted by Gasteiger charge is -2.32. The van der Waals surface area contributed by atoms with Crippen LogP contribution in [0.4, 0.5) is 4.79 Å². The van der Waals surface area contributed by atoms with E-state index in [4.69, 9.17) is 5.10 Å². The quantitative estimate of drug-likeness (QED) is 0.467. The van der Waals surface area contributed by atoms with Gasteiger partial charge in [-0.15, -0.1) is 0 Å². The van der Waals surface area contributed by atoms with Gasteiger partial charge in [0.15, 0.2) is 0 Å². The van der Waals surface area contributed by atoms with E-state index in [2.05, 4.69) is 17.4 Å². The van der Waals surface area contributed by atoms with Crippen molar-refractivity contribution in [2.24, 2.45) is 0 Å². The molecule has 34 heavy (non-hydrogen) atoms. The lowest BCUT2D eigenvalue weighted by atomic mass is 9.78. The van der Waals surface area contributed by atoms with Gasteiger partial charge in [0.2, 0.25) is 0 Å². The van der Waals surface area contributed by atoms with E-state index in [0.717, 1.165) is 34.5 Å². The first-order valence-corrected chi connectivity index (χ1v) is 11.5. The molecular formula is C28H24N4O2. The van der Waals surface area contributed by atoms with E-state index in [1.165, 1.54) is 10.5 Å². The minimum Gasteiger partial charge on any atom is -0.323 e. The summed E-state index contributed by atoms with van der Waals surface area (Å²) >= 11 is 0. The van der Waals surface area contributed by atoms with Gasteiger partial charge in [0.05, 0.1) is 17.9 Å². The zero-order chi connectivity index (χ0) is 23.1. The molecule has 0 saturated carbocycles. The van der Waals surface area contributed by atoms with E-state index in [1.54, 1.807) is 0 Å². The van der Waals surface area contributed by atoms with E-state index in [-0.39, 0.29) is 18.5 Å². The predicted molar refractivity (Wildman–Crippen MR) is 129 cm³/mol. The molecule has 1 aromatic heterocycles. The maximum Gasteiger partial charge on any atom is 0.325 e. The summed E-state index contributed by atoms with van der Waals surface area (Å²) in [6, 6.07) is 27.5. The smallest absolute Gasteiger partial charge is 0.323 e. The Balaban J connectivity index is 1.35. The Morgan fingerprint density at radius 2 is 1.53 bits per heavy atom. The fourth-order valence-corrected chi connectivity index (χ4v) is 5.09. The average Bonchev–Trinajstić information content (AvgIpc) is 3.40. The number of aromatic nitrogens is 2. The number of hydrogen-bond donors (Lipinski definition) is 1. The molecule has 1 N–H and O–H groups in total. The number of carbonyl (C=O) groups is 2. The van der Waals surface area contributed by atoms with Crippen molar-refractivity contribution in [1.29, 1.82) is 0 Å². The number of urea groups is 1. The SMILES string of the molecule is O=C1NC2(CCc3ccccc3C2)C(=O)N1Cc1cn(-c2ccccc2)nc1-c1ccccc1. The summed E-state index contributed by atoms with van der Waals surface area (Å²) in [6.07, 6.45) is 3.83. The third-order valence-electron chi connectivity index (χ3n) is 6.86. The zero-order valence-electron chi connectivity index (χ0n) is 18.6. The first-order chi connectivity index (χ1) is 16.6. The number of carbonyl (C=O) groups excluding carboxylic acids is 2. The third kappa shape index (κ3) is 3.39. The molecule has 6 heteroatoms. The predicted octanol–water partition coefficient (Wildman–Crippen LogP) is 4.52. The van der Waals surface area contributed by atoms with Crippen LogP contribution in [0.2, 0.25) is 0 Å². The van der Waals surface area contributed by atoms with Crippen LogP contribution in [0.25, 0.3) is 16.9 Å². The highest BCUT2D eigenvalue weighted by atomic mass is 16.2. The van der Waals surface area contributed by atoms with Crippen LogP contribution in [0, 0.1) is 0 Å². The topological polar surface area (TPSA) is 67.2 Å². The number of imide groups is 1. The van der Waals surface area contributed by atoms with Crippen molar-refractivity contribution in [3.63, 3.8) is 0 Å². The molecule has 1 unspecified atom stereocenters. The Kier molecular flexibility index (Phi) is 4.80.